The van der Waals surface area contributed by atoms with E-state index in [-0.39, 0.29) is 45.1 Å². The maximum absolute atomic E-state index is 12.3. The lowest BCUT2D eigenvalue weighted by atomic mass is 9.34. The Morgan fingerprint density at radius 1 is 1.05 bits per heavy atom. The first-order chi connectivity index (χ1) is 17.0. The van der Waals surface area contributed by atoms with Gasteiger partial charge in [-0.2, -0.15) is 0 Å². The van der Waals surface area contributed by atoms with E-state index in [1.165, 1.54) is 5.57 Å². The highest BCUT2D eigenvalue weighted by Crippen LogP contribution is 2.75. The number of hydrogen-bond acceptors (Lipinski definition) is 5. The summed E-state index contributed by atoms with van der Waals surface area (Å²) >= 11 is 0. The van der Waals surface area contributed by atoms with Crippen LogP contribution in [-0.2, 0) is 10.2 Å². The Labute approximate surface area is 219 Å². The average Bonchev–Trinajstić information content (AvgIpc) is 2.81. The Bertz CT molecular complexity index is 1240. The third kappa shape index (κ3) is 3.27. The molecule has 0 spiro atoms. The van der Waals surface area contributed by atoms with Gasteiger partial charge in [0.15, 0.2) is 11.5 Å². The van der Waals surface area contributed by atoms with Crippen molar-refractivity contribution < 1.29 is 25.0 Å². The van der Waals surface area contributed by atoms with Crippen LogP contribution in [0.3, 0.4) is 0 Å². The van der Waals surface area contributed by atoms with Crippen molar-refractivity contribution in [1.29, 1.82) is 0 Å². The van der Waals surface area contributed by atoms with Crippen molar-refractivity contribution in [3.05, 3.63) is 44.5 Å². The third-order valence-corrected chi connectivity index (χ3v) is 12.1. The van der Waals surface area contributed by atoms with E-state index in [4.69, 9.17) is 0 Å². The number of nitrogens with zero attached hydrogens (tertiary/aromatic N) is 1. The van der Waals surface area contributed by atoms with Gasteiger partial charge in [-0.1, -0.05) is 39.3 Å². The molecular weight excluding hydrogens is 470 g/mol. The number of carboxylic acid groups (broad SMARTS) is 1. The molecular formula is C30H41NO6. The number of hydrogen-bond donors (Lipinski definition) is 3. The van der Waals surface area contributed by atoms with E-state index in [1.807, 2.05) is 6.92 Å². The predicted molar refractivity (Wildman–Crippen MR) is 140 cm³/mol. The second kappa shape index (κ2) is 7.73. The van der Waals surface area contributed by atoms with Crippen LogP contribution in [0.25, 0.3) is 0 Å². The third-order valence-electron chi connectivity index (χ3n) is 12.1. The Morgan fingerprint density at radius 3 is 2.32 bits per heavy atom. The van der Waals surface area contributed by atoms with E-state index in [0.29, 0.717) is 18.4 Å². The smallest absolute Gasteiger partial charge is 0.309 e. The monoisotopic (exact) mass is 511 g/mol. The van der Waals surface area contributed by atoms with Crippen molar-refractivity contribution in [2.75, 3.05) is 6.54 Å². The zero-order valence-electron chi connectivity index (χ0n) is 23.0. The molecule has 0 aliphatic heterocycles. The maximum Gasteiger partial charge on any atom is 0.309 e. The molecule has 37 heavy (non-hydrogen) atoms. The van der Waals surface area contributed by atoms with Gasteiger partial charge >= 0.3 is 5.97 Å². The number of aromatic hydroxyl groups is 2. The van der Waals surface area contributed by atoms with Crippen LogP contribution in [0, 0.1) is 44.6 Å². The molecule has 5 rings (SSSR count). The molecule has 4 aliphatic carbocycles. The van der Waals surface area contributed by atoms with Gasteiger partial charge in [0, 0.05) is 10.3 Å². The zero-order chi connectivity index (χ0) is 27.3. The average molecular weight is 512 g/mol. The van der Waals surface area contributed by atoms with Crippen LogP contribution < -0.4 is 0 Å². The lowest BCUT2D eigenvalue weighted by Crippen LogP contribution is -2.62. The number of aliphatic carboxylic acids is 1. The van der Waals surface area contributed by atoms with Crippen LogP contribution in [0.15, 0.2) is 17.7 Å². The molecule has 1 aromatic rings. The topological polar surface area (TPSA) is 121 Å². The first-order valence-corrected chi connectivity index (χ1v) is 13.7. The number of rotatable bonds is 3. The Morgan fingerprint density at radius 2 is 1.70 bits per heavy atom. The second-order valence-corrected chi connectivity index (χ2v) is 13.9. The van der Waals surface area contributed by atoms with E-state index in [2.05, 4.69) is 33.8 Å². The first-order valence-electron chi connectivity index (χ1n) is 13.7. The quantitative estimate of drug-likeness (QED) is 0.185. The molecule has 0 unspecified atom stereocenters. The van der Waals surface area contributed by atoms with Crippen LogP contribution in [0.5, 0.6) is 11.5 Å². The number of carboxylic acids is 1. The van der Waals surface area contributed by atoms with Crippen molar-refractivity contribution >= 4 is 5.97 Å². The van der Waals surface area contributed by atoms with Gasteiger partial charge in [-0.25, -0.2) is 0 Å². The summed E-state index contributed by atoms with van der Waals surface area (Å²) in [4.78, 5) is 23.8. The Hall–Kier alpha value is -2.57. The number of nitro groups is 1. The first kappa shape index (κ1) is 26.1. The lowest BCUT2D eigenvalue weighted by Gasteiger charge is -2.70. The standard InChI is InChI=1S/C30H41NO6/c1-17-23-18(16-31(36)37)13-21-28(4,19(23)14-20(32)24(17)33)10-12-30(6)22-15-27(3,25(34)35)8-7-26(22,2)9-11-29(21,30)5/h13-14,18,22,32-33H,7-12,15-16H2,1-6H3,(H,34,35)/t18-,22+,26+,27+,28-,29+,30-/m0/s1. The fourth-order valence-corrected chi connectivity index (χ4v) is 9.35. The molecule has 4 aliphatic rings. The molecule has 0 bridgehead atoms. The van der Waals surface area contributed by atoms with Gasteiger partial charge in [0.05, 0.1) is 11.3 Å². The van der Waals surface area contributed by atoms with E-state index >= 15 is 0 Å². The maximum atomic E-state index is 12.3. The van der Waals surface area contributed by atoms with E-state index < -0.39 is 22.7 Å². The minimum Gasteiger partial charge on any atom is -0.504 e. The summed E-state index contributed by atoms with van der Waals surface area (Å²) < 4.78 is 0. The molecule has 202 valence electrons. The number of benzene rings is 1. The number of carbonyl (C=O) groups is 1. The van der Waals surface area contributed by atoms with Crippen molar-refractivity contribution in [3.63, 3.8) is 0 Å². The molecule has 0 radical (unpaired) electrons. The van der Waals surface area contributed by atoms with Crippen LogP contribution >= 0.6 is 0 Å². The molecule has 0 amide bonds. The molecule has 0 aromatic heterocycles. The SMILES string of the molecule is Cc1c(O)c(O)cc2c1[C@H](C[N+](=O)[O-])C=C1[C@@]2(C)CC[C@@]2(C)[C@@H]3C[C@](C)(C(=O)O)CC[C@]3(C)CC[C@]12C. The summed E-state index contributed by atoms with van der Waals surface area (Å²) in [5.74, 6) is -1.37. The van der Waals surface area contributed by atoms with Gasteiger partial charge in [-0.05, 0) is 104 Å². The van der Waals surface area contributed by atoms with Gasteiger partial charge in [0.25, 0.3) is 0 Å². The van der Waals surface area contributed by atoms with E-state index in [9.17, 15) is 30.2 Å². The summed E-state index contributed by atoms with van der Waals surface area (Å²) in [5.41, 5.74) is 1.84. The summed E-state index contributed by atoms with van der Waals surface area (Å²) in [5, 5.41) is 43.1. The molecule has 3 N–H and O–H groups in total. The molecule has 0 saturated heterocycles. The van der Waals surface area contributed by atoms with Gasteiger partial charge in [-0.3, -0.25) is 14.9 Å². The fraction of sp³-hybridized carbons (Fsp3) is 0.700. The van der Waals surface area contributed by atoms with Crippen LogP contribution in [0.1, 0.15) is 102 Å². The normalized spacial score (nSPS) is 42.5. The number of phenolic OH excluding ortho intramolecular Hbond substituents is 2. The highest BCUT2D eigenvalue weighted by Gasteiger charge is 2.67. The van der Waals surface area contributed by atoms with Crippen LogP contribution in [0.2, 0.25) is 0 Å². The molecule has 1 aromatic carbocycles. The van der Waals surface area contributed by atoms with Gasteiger partial charge < -0.3 is 15.3 Å². The predicted octanol–water partition coefficient (Wildman–Crippen LogP) is 6.46. The Balaban J connectivity index is 1.70. The van der Waals surface area contributed by atoms with Crippen molar-refractivity contribution in [3.8, 4) is 11.5 Å². The summed E-state index contributed by atoms with van der Waals surface area (Å²) in [6, 6.07) is 1.64. The van der Waals surface area contributed by atoms with Gasteiger partial charge in [0.2, 0.25) is 6.54 Å². The van der Waals surface area contributed by atoms with Crippen molar-refractivity contribution in [2.24, 2.45) is 27.6 Å². The minimum absolute atomic E-state index is 0.0744. The van der Waals surface area contributed by atoms with E-state index in [0.717, 1.165) is 43.2 Å². The molecule has 7 nitrogen and oxygen atoms in total. The Kier molecular flexibility index (Phi) is 5.44. The minimum atomic E-state index is -0.742. The molecule has 7 heteroatoms. The highest BCUT2D eigenvalue weighted by molar-refractivity contribution is 5.74. The largest absolute Gasteiger partial charge is 0.504 e. The number of allylic oxidation sites excluding steroid dienone is 1. The van der Waals surface area contributed by atoms with Gasteiger partial charge in [0.1, 0.15) is 0 Å². The van der Waals surface area contributed by atoms with Crippen LogP contribution in [0.4, 0.5) is 0 Å². The van der Waals surface area contributed by atoms with Crippen molar-refractivity contribution in [1.82, 2.24) is 0 Å². The summed E-state index contributed by atoms with van der Waals surface area (Å²) in [7, 11) is 0. The molecule has 7 atom stereocenters. The molecule has 3 fully saturated rings. The highest BCUT2D eigenvalue weighted by atomic mass is 16.6. The molecule has 3 saturated carbocycles. The number of fused-ring (bicyclic) bond motifs is 7. The summed E-state index contributed by atoms with van der Waals surface area (Å²) in [6.07, 6.45) is 8.04. The van der Waals surface area contributed by atoms with Crippen molar-refractivity contribution in [2.45, 2.75) is 97.8 Å². The fourth-order valence-electron chi connectivity index (χ4n) is 9.35. The molecule has 0 heterocycles. The summed E-state index contributed by atoms with van der Waals surface area (Å²) in [6.45, 7) is 12.6. The second-order valence-electron chi connectivity index (χ2n) is 13.9. The zero-order valence-corrected chi connectivity index (χ0v) is 23.0. The lowest BCUT2D eigenvalue weighted by molar-refractivity contribution is -0.481. The number of phenols is 2. The van der Waals surface area contributed by atoms with Gasteiger partial charge in [-0.15, -0.1) is 0 Å². The van der Waals surface area contributed by atoms with Crippen LogP contribution in [-0.4, -0.2) is 32.8 Å². The van der Waals surface area contributed by atoms with E-state index in [1.54, 1.807) is 13.0 Å².